The van der Waals surface area contributed by atoms with Crippen LogP contribution in [0.4, 0.5) is 0 Å². The number of pyridine rings is 1. The fraction of sp³-hybridized carbons (Fsp3) is 0.105. The zero-order valence-corrected chi connectivity index (χ0v) is 15.2. The second kappa shape index (κ2) is 7.35. The van der Waals surface area contributed by atoms with Gasteiger partial charge in [-0.15, -0.1) is 0 Å². The fourth-order valence-electron chi connectivity index (χ4n) is 2.65. The summed E-state index contributed by atoms with van der Waals surface area (Å²) < 4.78 is 27.5. The second-order valence-corrected chi connectivity index (χ2v) is 7.98. The van der Waals surface area contributed by atoms with Crippen LogP contribution in [0.1, 0.15) is 17.3 Å². The number of hydrogen-bond donors (Lipinski definition) is 0. The van der Waals surface area contributed by atoms with Crippen molar-refractivity contribution in [2.24, 2.45) is 0 Å². The van der Waals surface area contributed by atoms with Gasteiger partial charge in [-0.3, -0.25) is 4.98 Å². The molecule has 0 spiro atoms. The van der Waals surface area contributed by atoms with E-state index in [4.69, 9.17) is 11.6 Å². The SMILES string of the molecule is CN(C(c1ccccc1)c1ccccn1)S(=O)(=O)c1ccc(Cl)cc1. The maximum atomic E-state index is 13.1. The quantitative estimate of drug-likeness (QED) is 0.676. The van der Waals surface area contributed by atoms with Crippen LogP contribution in [-0.4, -0.2) is 24.8 Å². The fourth-order valence-corrected chi connectivity index (χ4v) is 4.10. The Morgan fingerprint density at radius 2 is 1.56 bits per heavy atom. The number of benzene rings is 2. The molecule has 0 amide bonds. The van der Waals surface area contributed by atoms with Gasteiger partial charge in [0, 0.05) is 18.3 Å². The minimum absolute atomic E-state index is 0.191. The van der Waals surface area contributed by atoms with E-state index < -0.39 is 16.1 Å². The maximum Gasteiger partial charge on any atom is 0.243 e. The summed E-state index contributed by atoms with van der Waals surface area (Å²) in [5, 5.41) is 0.492. The molecule has 0 aliphatic heterocycles. The van der Waals surface area contributed by atoms with E-state index in [2.05, 4.69) is 4.98 Å². The third-order valence-corrected chi connectivity index (χ3v) is 6.03. The average Bonchev–Trinajstić information content (AvgIpc) is 2.64. The zero-order chi connectivity index (χ0) is 17.9. The Bertz CT molecular complexity index is 891. The van der Waals surface area contributed by atoms with Gasteiger partial charge < -0.3 is 0 Å². The molecule has 0 fully saturated rings. The van der Waals surface area contributed by atoms with Crippen molar-refractivity contribution in [2.45, 2.75) is 10.9 Å². The van der Waals surface area contributed by atoms with Crippen LogP contribution < -0.4 is 0 Å². The minimum Gasteiger partial charge on any atom is -0.259 e. The molecule has 0 bridgehead atoms. The van der Waals surface area contributed by atoms with Gasteiger partial charge in [0.05, 0.1) is 16.6 Å². The highest BCUT2D eigenvalue weighted by molar-refractivity contribution is 7.89. The van der Waals surface area contributed by atoms with Crippen molar-refractivity contribution in [3.8, 4) is 0 Å². The van der Waals surface area contributed by atoms with E-state index in [1.807, 2.05) is 42.5 Å². The van der Waals surface area contributed by atoms with Crippen molar-refractivity contribution in [3.05, 3.63) is 95.3 Å². The van der Waals surface area contributed by atoms with Gasteiger partial charge >= 0.3 is 0 Å². The van der Waals surface area contributed by atoms with E-state index in [0.29, 0.717) is 10.7 Å². The molecule has 3 rings (SSSR count). The first kappa shape index (κ1) is 17.6. The summed E-state index contributed by atoms with van der Waals surface area (Å²) >= 11 is 5.88. The Balaban J connectivity index is 2.08. The summed E-state index contributed by atoms with van der Waals surface area (Å²) in [7, 11) is -2.15. The Hall–Kier alpha value is -2.21. The van der Waals surface area contributed by atoms with Gasteiger partial charge in [0.25, 0.3) is 0 Å². The van der Waals surface area contributed by atoms with Crippen LogP contribution in [0.3, 0.4) is 0 Å². The normalized spacial score (nSPS) is 12.9. The summed E-state index contributed by atoms with van der Waals surface area (Å²) in [6, 6.07) is 20.6. The standard InChI is InChI=1S/C19H17ClN2O2S/c1-22(25(23,24)17-12-10-16(20)11-13-17)19(15-7-3-2-4-8-15)18-9-5-6-14-21-18/h2-14,19H,1H3. The lowest BCUT2D eigenvalue weighted by Gasteiger charge is -2.27. The number of hydrogen-bond acceptors (Lipinski definition) is 3. The van der Waals surface area contributed by atoms with Crippen molar-refractivity contribution in [2.75, 3.05) is 7.05 Å². The third kappa shape index (κ3) is 3.74. The van der Waals surface area contributed by atoms with Gasteiger partial charge in [-0.25, -0.2) is 8.42 Å². The monoisotopic (exact) mass is 372 g/mol. The molecule has 0 aliphatic rings. The van der Waals surface area contributed by atoms with Crippen molar-refractivity contribution >= 4 is 21.6 Å². The van der Waals surface area contributed by atoms with Gasteiger partial charge in [-0.2, -0.15) is 4.31 Å². The summed E-state index contributed by atoms with van der Waals surface area (Å²) in [4.78, 5) is 4.56. The number of nitrogens with zero attached hydrogens (tertiary/aromatic N) is 2. The van der Waals surface area contributed by atoms with Crippen LogP contribution in [0.15, 0.2) is 83.9 Å². The highest BCUT2D eigenvalue weighted by Crippen LogP contribution is 2.31. The third-order valence-electron chi connectivity index (χ3n) is 3.94. The highest BCUT2D eigenvalue weighted by Gasteiger charge is 2.31. The van der Waals surface area contributed by atoms with Crippen LogP contribution in [0.2, 0.25) is 5.02 Å². The average molecular weight is 373 g/mol. The van der Waals surface area contributed by atoms with E-state index in [0.717, 1.165) is 5.56 Å². The molecule has 25 heavy (non-hydrogen) atoms. The lowest BCUT2D eigenvalue weighted by atomic mass is 10.0. The van der Waals surface area contributed by atoms with Crippen LogP contribution in [-0.2, 0) is 10.0 Å². The molecule has 3 aromatic rings. The van der Waals surface area contributed by atoms with Crippen LogP contribution in [0.25, 0.3) is 0 Å². The first-order valence-electron chi connectivity index (χ1n) is 7.69. The highest BCUT2D eigenvalue weighted by atomic mass is 35.5. The molecule has 1 heterocycles. The molecular formula is C19H17ClN2O2S. The maximum absolute atomic E-state index is 13.1. The Morgan fingerprint density at radius 1 is 0.920 bits per heavy atom. The molecule has 0 aliphatic carbocycles. The van der Waals surface area contributed by atoms with Gasteiger partial charge in [-0.1, -0.05) is 48.0 Å². The molecule has 0 saturated heterocycles. The molecule has 1 atom stereocenters. The van der Waals surface area contributed by atoms with E-state index in [1.54, 1.807) is 31.4 Å². The number of sulfonamides is 1. The van der Waals surface area contributed by atoms with E-state index >= 15 is 0 Å². The Kier molecular flexibility index (Phi) is 5.18. The summed E-state index contributed by atoms with van der Waals surface area (Å²) in [6.45, 7) is 0. The lowest BCUT2D eigenvalue weighted by Crippen LogP contribution is -2.32. The number of rotatable bonds is 5. The number of halogens is 1. The summed E-state index contributed by atoms with van der Waals surface area (Å²) in [5.41, 5.74) is 1.51. The van der Waals surface area contributed by atoms with E-state index in [9.17, 15) is 8.42 Å². The first-order chi connectivity index (χ1) is 12.0. The Labute approximate surface area is 152 Å². The molecule has 2 aromatic carbocycles. The molecule has 4 nitrogen and oxygen atoms in total. The molecule has 1 unspecified atom stereocenters. The smallest absolute Gasteiger partial charge is 0.243 e. The predicted octanol–water partition coefficient (Wildman–Crippen LogP) is 4.15. The Morgan fingerprint density at radius 3 is 2.16 bits per heavy atom. The van der Waals surface area contributed by atoms with E-state index in [-0.39, 0.29) is 4.90 Å². The van der Waals surface area contributed by atoms with Crippen molar-refractivity contribution in [1.29, 1.82) is 0 Å². The van der Waals surface area contributed by atoms with Crippen LogP contribution >= 0.6 is 11.6 Å². The number of aromatic nitrogens is 1. The molecule has 0 radical (unpaired) electrons. The van der Waals surface area contributed by atoms with Crippen molar-refractivity contribution in [1.82, 2.24) is 9.29 Å². The van der Waals surface area contributed by atoms with Crippen molar-refractivity contribution in [3.63, 3.8) is 0 Å². The molecule has 128 valence electrons. The van der Waals surface area contributed by atoms with Gasteiger partial charge in [-0.05, 0) is 42.0 Å². The minimum atomic E-state index is -3.72. The zero-order valence-electron chi connectivity index (χ0n) is 13.6. The van der Waals surface area contributed by atoms with E-state index in [1.165, 1.54) is 16.4 Å². The van der Waals surface area contributed by atoms with Gasteiger partial charge in [0.2, 0.25) is 10.0 Å². The molecule has 0 N–H and O–H groups in total. The second-order valence-electron chi connectivity index (χ2n) is 5.54. The molecule has 6 heteroatoms. The van der Waals surface area contributed by atoms with Gasteiger partial charge in [0.1, 0.15) is 0 Å². The van der Waals surface area contributed by atoms with Crippen molar-refractivity contribution < 1.29 is 8.42 Å². The summed E-state index contributed by atoms with van der Waals surface area (Å²) in [5.74, 6) is 0. The predicted molar refractivity (Wildman–Crippen MR) is 98.9 cm³/mol. The van der Waals surface area contributed by atoms with Crippen LogP contribution in [0.5, 0.6) is 0 Å². The lowest BCUT2D eigenvalue weighted by molar-refractivity contribution is 0.412. The van der Waals surface area contributed by atoms with Gasteiger partial charge in [0.15, 0.2) is 0 Å². The molecule has 1 aromatic heterocycles. The van der Waals surface area contributed by atoms with Crippen LogP contribution in [0, 0.1) is 0 Å². The topological polar surface area (TPSA) is 50.3 Å². The largest absolute Gasteiger partial charge is 0.259 e. The summed E-state index contributed by atoms with van der Waals surface area (Å²) in [6.07, 6.45) is 1.66. The molecular weight excluding hydrogens is 356 g/mol. The molecule has 0 saturated carbocycles. The first-order valence-corrected chi connectivity index (χ1v) is 9.51.